The zero-order valence-electron chi connectivity index (χ0n) is 9.24. The number of carbonyl (C=O) groups excluding carboxylic acids is 1. The van der Waals surface area contributed by atoms with Crippen molar-refractivity contribution in [2.24, 2.45) is 5.92 Å². The SMILES string of the molecule is CCOC(=O)NNS(=O)(=O)CCC(C)C. The van der Waals surface area contributed by atoms with Crippen LogP contribution in [0, 0.1) is 5.92 Å². The maximum atomic E-state index is 11.3. The molecule has 90 valence electrons. The van der Waals surface area contributed by atoms with Crippen LogP contribution in [-0.2, 0) is 14.8 Å². The quantitative estimate of drug-likeness (QED) is 0.664. The fourth-order valence-electron chi connectivity index (χ4n) is 0.728. The average Bonchev–Trinajstić information content (AvgIpc) is 2.13. The Kier molecular flexibility index (Phi) is 6.26. The molecule has 0 aromatic carbocycles. The van der Waals surface area contributed by atoms with Crippen LogP contribution >= 0.6 is 0 Å². The molecule has 0 aromatic rings. The van der Waals surface area contributed by atoms with Gasteiger partial charge in [0.25, 0.3) is 0 Å². The summed E-state index contributed by atoms with van der Waals surface area (Å²) in [6, 6.07) is 0. The minimum absolute atomic E-state index is 0.0168. The van der Waals surface area contributed by atoms with Crippen LogP contribution in [0.1, 0.15) is 27.2 Å². The smallest absolute Gasteiger partial charge is 0.422 e. The van der Waals surface area contributed by atoms with E-state index in [1.807, 2.05) is 24.1 Å². The zero-order valence-corrected chi connectivity index (χ0v) is 10.1. The standard InChI is InChI=1S/C8H18N2O4S/c1-4-14-8(11)9-10-15(12,13)6-5-7(2)3/h7,10H,4-6H2,1-3H3,(H,9,11). The second-order valence-corrected chi connectivity index (χ2v) is 5.29. The Hall–Kier alpha value is -0.820. The fourth-order valence-corrected chi connectivity index (χ4v) is 1.85. The third-order valence-electron chi connectivity index (χ3n) is 1.55. The summed E-state index contributed by atoms with van der Waals surface area (Å²) in [5.41, 5.74) is 1.95. The molecular formula is C8H18N2O4S. The van der Waals surface area contributed by atoms with Gasteiger partial charge in [-0.3, -0.25) is 0 Å². The van der Waals surface area contributed by atoms with Gasteiger partial charge in [-0.2, -0.15) is 0 Å². The van der Waals surface area contributed by atoms with Crippen LogP contribution in [0.15, 0.2) is 0 Å². The first-order valence-corrected chi connectivity index (χ1v) is 6.45. The minimum Gasteiger partial charge on any atom is -0.449 e. The number of nitrogens with one attached hydrogen (secondary N) is 2. The predicted octanol–water partition coefficient (Wildman–Crippen LogP) is 0.613. The second kappa shape index (κ2) is 6.62. The van der Waals surface area contributed by atoms with Gasteiger partial charge in [0.15, 0.2) is 0 Å². The van der Waals surface area contributed by atoms with Gasteiger partial charge in [0.1, 0.15) is 0 Å². The lowest BCUT2D eigenvalue weighted by atomic mass is 10.2. The molecule has 0 saturated heterocycles. The van der Waals surface area contributed by atoms with Crippen molar-refractivity contribution in [2.75, 3.05) is 12.4 Å². The molecule has 0 aliphatic heterocycles. The topological polar surface area (TPSA) is 84.5 Å². The van der Waals surface area contributed by atoms with E-state index in [1.165, 1.54) is 0 Å². The minimum atomic E-state index is -3.45. The van der Waals surface area contributed by atoms with Crippen molar-refractivity contribution in [3.63, 3.8) is 0 Å². The zero-order chi connectivity index (χ0) is 11.9. The normalized spacial score (nSPS) is 11.5. The van der Waals surface area contributed by atoms with Crippen LogP contribution in [0.4, 0.5) is 4.79 Å². The van der Waals surface area contributed by atoms with Gasteiger partial charge in [-0.25, -0.2) is 18.6 Å². The Labute approximate surface area is 90.4 Å². The summed E-state index contributed by atoms with van der Waals surface area (Å²) in [7, 11) is -3.45. The summed E-state index contributed by atoms with van der Waals surface area (Å²) in [5.74, 6) is 0.279. The number of ether oxygens (including phenoxy) is 1. The van der Waals surface area contributed by atoms with E-state index in [0.717, 1.165) is 0 Å². The predicted molar refractivity (Wildman–Crippen MR) is 56.5 cm³/mol. The highest BCUT2D eigenvalue weighted by atomic mass is 32.2. The van der Waals surface area contributed by atoms with E-state index in [4.69, 9.17) is 0 Å². The van der Waals surface area contributed by atoms with Crippen LogP contribution < -0.4 is 10.3 Å². The molecule has 2 N–H and O–H groups in total. The molecule has 0 saturated carbocycles. The van der Waals surface area contributed by atoms with Gasteiger partial charge in [-0.15, -0.1) is 4.83 Å². The second-order valence-electron chi connectivity index (χ2n) is 3.45. The summed E-state index contributed by atoms with van der Waals surface area (Å²) >= 11 is 0. The van der Waals surface area contributed by atoms with Crippen molar-refractivity contribution in [2.45, 2.75) is 27.2 Å². The van der Waals surface area contributed by atoms with E-state index in [1.54, 1.807) is 6.92 Å². The third-order valence-corrected chi connectivity index (χ3v) is 2.73. The highest BCUT2D eigenvalue weighted by Crippen LogP contribution is 2.00. The van der Waals surface area contributed by atoms with E-state index in [0.29, 0.717) is 12.3 Å². The van der Waals surface area contributed by atoms with Crippen LogP contribution in [-0.4, -0.2) is 26.9 Å². The molecular weight excluding hydrogens is 220 g/mol. The van der Waals surface area contributed by atoms with Gasteiger partial charge in [0, 0.05) is 0 Å². The first-order chi connectivity index (χ1) is 6.87. The lowest BCUT2D eigenvalue weighted by molar-refractivity contribution is 0.150. The number of amides is 1. The lowest BCUT2D eigenvalue weighted by Crippen LogP contribution is -2.43. The Bertz CT molecular complexity index is 287. The van der Waals surface area contributed by atoms with Crippen LogP contribution in [0.5, 0.6) is 0 Å². The number of rotatable bonds is 6. The van der Waals surface area contributed by atoms with Gasteiger partial charge in [0.05, 0.1) is 12.4 Å². The third kappa shape index (κ3) is 8.19. The van der Waals surface area contributed by atoms with E-state index in [2.05, 4.69) is 4.74 Å². The fraction of sp³-hybridized carbons (Fsp3) is 0.875. The monoisotopic (exact) mass is 238 g/mol. The van der Waals surface area contributed by atoms with Gasteiger partial charge < -0.3 is 4.74 Å². The summed E-state index contributed by atoms with van der Waals surface area (Å²) in [4.78, 5) is 12.7. The molecule has 6 nitrogen and oxygen atoms in total. The van der Waals surface area contributed by atoms with Crippen LogP contribution in [0.25, 0.3) is 0 Å². The highest BCUT2D eigenvalue weighted by Gasteiger charge is 2.12. The first kappa shape index (κ1) is 14.2. The van der Waals surface area contributed by atoms with Gasteiger partial charge in [-0.05, 0) is 19.3 Å². The number of sulfonamides is 1. The number of hydrogen-bond donors (Lipinski definition) is 2. The Morgan fingerprint density at radius 3 is 2.47 bits per heavy atom. The molecule has 7 heteroatoms. The van der Waals surface area contributed by atoms with Crippen LogP contribution in [0.3, 0.4) is 0 Å². The summed E-state index contributed by atoms with van der Waals surface area (Å²) in [6.07, 6.45) is -0.259. The summed E-state index contributed by atoms with van der Waals surface area (Å²) in [6.45, 7) is 5.68. The Balaban J connectivity index is 3.89. The number of hydrogen-bond acceptors (Lipinski definition) is 4. The molecule has 0 bridgehead atoms. The molecule has 15 heavy (non-hydrogen) atoms. The lowest BCUT2D eigenvalue weighted by Gasteiger charge is -2.09. The van der Waals surface area contributed by atoms with Crippen LogP contribution in [0.2, 0.25) is 0 Å². The number of carbonyl (C=O) groups is 1. The molecule has 0 aliphatic carbocycles. The highest BCUT2D eigenvalue weighted by molar-refractivity contribution is 7.89. The maximum Gasteiger partial charge on any atom is 0.422 e. The molecule has 0 atom stereocenters. The molecule has 1 amide bonds. The molecule has 0 unspecified atom stereocenters. The molecule has 0 spiro atoms. The van der Waals surface area contributed by atoms with E-state index in [-0.39, 0.29) is 12.4 Å². The van der Waals surface area contributed by atoms with Crippen molar-refractivity contribution in [3.05, 3.63) is 0 Å². The molecule has 0 radical (unpaired) electrons. The van der Waals surface area contributed by atoms with Crippen molar-refractivity contribution in [1.82, 2.24) is 10.3 Å². The first-order valence-electron chi connectivity index (χ1n) is 4.79. The van der Waals surface area contributed by atoms with Gasteiger partial charge >= 0.3 is 6.09 Å². The van der Waals surface area contributed by atoms with Crippen molar-refractivity contribution in [1.29, 1.82) is 0 Å². The van der Waals surface area contributed by atoms with Gasteiger partial charge in [-0.1, -0.05) is 13.8 Å². The molecule has 0 rings (SSSR count). The summed E-state index contributed by atoms with van der Waals surface area (Å²) < 4.78 is 27.0. The van der Waals surface area contributed by atoms with Crippen molar-refractivity contribution < 1.29 is 17.9 Å². The summed E-state index contributed by atoms with van der Waals surface area (Å²) in [5, 5.41) is 0. The molecule has 0 heterocycles. The molecule has 0 aliphatic rings. The Morgan fingerprint density at radius 1 is 1.40 bits per heavy atom. The van der Waals surface area contributed by atoms with Crippen molar-refractivity contribution >= 4 is 16.1 Å². The average molecular weight is 238 g/mol. The van der Waals surface area contributed by atoms with Gasteiger partial charge in [0.2, 0.25) is 10.0 Å². The Morgan fingerprint density at radius 2 is 2.00 bits per heavy atom. The van der Waals surface area contributed by atoms with E-state index < -0.39 is 16.1 Å². The van der Waals surface area contributed by atoms with Crippen molar-refractivity contribution in [3.8, 4) is 0 Å². The maximum absolute atomic E-state index is 11.3. The molecule has 0 aromatic heterocycles. The number of hydrazine groups is 1. The van der Waals surface area contributed by atoms with E-state index in [9.17, 15) is 13.2 Å². The largest absolute Gasteiger partial charge is 0.449 e. The molecule has 0 fully saturated rings. The van der Waals surface area contributed by atoms with E-state index >= 15 is 0 Å².